The third kappa shape index (κ3) is 5.83. The zero-order chi connectivity index (χ0) is 13.2. The monoisotopic (exact) mass is 271 g/mol. The summed E-state index contributed by atoms with van der Waals surface area (Å²) < 4.78 is 10.6. The highest BCUT2D eigenvalue weighted by Gasteiger charge is 2.10. The van der Waals surface area contributed by atoms with Crippen molar-refractivity contribution >= 4 is 11.6 Å². The second-order valence-corrected chi connectivity index (χ2v) is 4.56. The molecular formula is C14H22ClNO2. The van der Waals surface area contributed by atoms with Crippen LogP contribution in [0.3, 0.4) is 0 Å². The molecule has 0 aliphatic heterocycles. The largest absolute Gasteiger partial charge is 0.382 e. The number of hydrogen-bond donors (Lipinski definition) is 1. The van der Waals surface area contributed by atoms with Crippen molar-refractivity contribution in [3.63, 3.8) is 0 Å². The molecule has 1 rings (SSSR count). The first-order chi connectivity index (χ1) is 8.77. The van der Waals surface area contributed by atoms with Crippen LogP contribution in [0.2, 0.25) is 5.02 Å². The third-order valence-electron chi connectivity index (χ3n) is 2.63. The molecule has 0 saturated carbocycles. The first-order valence-corrected chi connectivity index (χ1v) is 6.71. The van der Waals surface area contributed by atoms with E-state index in [-0.39, 0.29) is 6.04 Å². The molecule has 3 nitrogen and oxygen atoms in total. The Hall–Kier alpha value is -0.610. The van der Waals surface area contributed by atoms with Crippen molar-refractivity contribution < 1.29 is 9.47 Å². The topological polar surface area (TPSA) is 30.5 Å². The fourth-order valence-corrected chi connectivity index (χ4v) is 1.76. The van der Waals surface area contributed by atoms with Crippen molar-refractivity contribution in [2.45, 2.75) is 19.4 Å². The molecule has 1 aromatic rings. The van der Waals surface area contributed by atoms with E-state index < -0.39 is 0 Å². The lowest BCUT2D eigenvalue weighted by Crippen LogP contribution is -2.26. The molecule has 0 heterocycles. The zero-order valence-corrected chi connectivity index (χ0v) is 11.9. The highest BCUT2D eigenvalue weighted by atomic mass is 35.5. The van der Waals surface area contributed by atoms with Crippen molar-refractivity contribution in [2.75, 3.05) is 33.5 Å². The van der Waals surface area contributed by atoms with E-state index in [1.165, 1.54) is 5.56 Å². The van der Waals surface area contributed by atoms with Crippen LogP contribution in [0.4, 0.5) is 0 Å². The van der Waals surface area contributed by atoms with E-state index in [9.17, 15) is 0 Å². The predicted molar refractivity (Wildman–Crippen MR) is 75.2 cm³/mol. The summed E-state index contributed by atoms with van der Waals surface area (Å²) in [4.78, 5) is 0. The summed E-state index contributed by atoms with van der Waals surface area (Å²) >= 11 is 5.90. The Bertz CT molecular complexity index is 316. The van der Waals surface area contributed by atoms with Gasteiger partial charge < -0.3 is 14.8 Å². The molecule has 0 spiro atoms. The molecule has 18 heavy (non-hydrogen) atoms. The Morgan fingerprint density at radius 1 is 1.22 bits per heavy atom. The van der Waals surface area contributed by atoms with Crippen LogP contribution in [0.1, 0.15) is 24.9 Å². The van der Waals surface area contributed by atoms with E-state index in [2.05, 4.69) is 12.2 Å². The summed E-state index contributed by atoms with van der Waals surface area (Å²) in [6.45, 7) is 5.01. The van der Waals surface area contributed by atoms with Crippen molar-refractivity contribution in [3.8, 4) is 0 Å². The second-order valence-electron chi connectivity index (χ2n) is 4.13. The van der Waals surface area contributed by atoms with E-state index in [0.717, 1.165) is 18.0 Å². The molecule has 0 radical (unpaired) electrons. The van der Waals surface area contributed by atoms with E-state index in [1.54, 1.807) is 7.11 Å². The maximum Gasteiger partial charge on any atom is 0.0701 e. The molecule has 0 aromatic heterocycles. The van der Waals surface area contributed by atoms with E-state index in [4.69, 9.17) is 21.1 Å². The molecule has 0 aliphatic rings. The van der Waals surface area contributed by atoms with Gasteiger partial charge in [0.15, 0.2) is 0 Å². The van der Waals surface area contributed by atoms with Crippen molar-refractivity contribution in [1.82, 2.24) is 5.32 Å². The highest BCUT2D eigenvalue weighted by Crippen LogP contribution is 2.17. The summed E-state index contributed by atoms with van der Waals surface area (Å²) in [6, 6.07) is 8.10. The van der Waals surface area contributed by atoms with Gasteiger partial charge in [0.1, 0.15) is 0 Å². The molecule has 0 saturated heterocycles. The molecular weight excluding hydrogens is 250 g/mol. The SMILES string of the molecule is CCCNC(COCCOC)c1ccc(Cl)cc1. The lowest BCUT2D eigenvalue weighted by atomic mass is 10.1. The quantitative estimate of drug-likeness (QED) is 0.701. The molecule has 0 fully saturated rings. The number of benzene rings is 1. The van der Waals surface area contributed by atoms with Gasteiger partial charge in [0.2, 0.25) is 0 Å². The minimum absolute atomic E-state index is 0.207. The average Bonchev–Trinajstić information content (AvgIpc) is 2.39. The van der Waals surface area contributed by atoms with Crippen LogP contribution in [0, 0.1) is 0 Å². The average molecular weight is 272 g/mol. The molecule has 4 heteroatoms. The fraction of sp³-hybridized carbons (Fsp3) is 0.571. The Morgan fingerprint density at radius 3 is 2.56 bits per heavy atom. The summed E-state index contributed by atoms with van der Waals surface area (Å²) in [6.07, 6.45) is 1.10. The van der Waals surface area contributed by atoms with Crippen LogP contribution >= 0.6 is 11.6 Å². The Balaban J connectivity index is 2.51. The minimum Gasteiger partial charge on any atom is -0.382 e. The number of ether oxygens (including phenoxy) is 2. The van der Waals surface area contributed by atoms with Gasteiger partial charge in [-0.05, 0) is 30.7 Å². The minimum atomic E-state index is 0.207. The summed E-state index contributed by atoms with van der Waals surface area (Å²) in [5.41, 5.74) is 1.20. The molecule has 1 atom stereocenters. The molecule has 1 unspecified atom stereocenters. The lowest BCUT2D eigenvalue weighted by Gasteiger charge is -2.19. The number of methoxy groups -OCH3 is 1. The van der Waals surface area contributed by atoms with Gasteiger partial charge >= 0.3 is 0 Å². The van der Waals surface area contributed by atoms with Crippen LogP contribution in [-0.4, -0.2) is 33.5 Å². The number of rotatable bonds is 9. The van der Waals surface area contributed by atoms with Gasteiger partial charge in [-0.1, -0.05) is 30.7 Å². The summed E-state index contributed by atoms with van der Waals surface area (Å²) in [5.74, 6) is 0. The van der Waals surface area contributed by atoms with Crippen molar-refractivity contribution in [1.29, 1.82) is 0 Å². The van der Waals surface area contributed by atoms with Crippen LogP contribution < -0.4 is 5.32 Å². The van der Waals surface area contributed by atoms with Gasteiger partial charge in [0, 0.05) is 12.1 Å². The van der Waals surface area contributed by atoms with Gasteiger partial charge in [0.25, 0.3) is 0 Å². The summed E-state index contributed by atoms with van der Waals surface area (Å²) in [5, 5.41) is 4.23. The van der Waals surface area contributed by atoms with Gasteiger partial charge in [0.05, 0.1) is 25.9 Å². The normalized spacial score (nSPS) is 12.6. The number of hydrogen-bond acceptors (Lipinski definition) is 3. The molecule has 0 aliphatic carbocycles. The van der Waals surface area contributed by atoms with Gasteiger partial charge in [-0.2, -0.15) is 0 Å². The van der Waals surface area contributed by atoms with Crippen molar-refractivity contribution in [2.24, 2.45) is 0 Å². The molecule has 102 valence electrons. The molecule has 1 aromatic carbocycles. The predicted octanol–water partition coefficient (Wildman–Crippen LogP) is 3.04. The lowest BCUT2D eigenvalue weighted by molar-refractivity contribution is 0.0586. The third-order valence-corrected chi connectivity index (χ3v) is 2.88. The maximum absolute atomic E-state index is 5.90. The number of halogens is 1. The van der Waals surface area contributed by atoms with E-state index in [1.807, 2.05) is 24.3 Å². The first-order valence-electron chi connectivity index (χ1n) is 6.33. The molecule has 0 amide bonds. The first kappa shape index (κ1) is 15.4. The standard InChI is InChI=1S/C14H22ClNO2/c1-3-8-16-14(11-18-10-9-17-2)12-4-6-13(15)7-5-12/h4-7,14,16H,3,8-11H2,1-2H3. The van der Waals surface area contributed by atoms with Crippen LogP contribution in [0.25, 0.3) is 0 Å². The Morgan fingerprint density at radius 2 is 1.94 bits per heavy atom. The maximum atomic E-state index is 5.90. The zero-order valence-electron chi connectivity index (χ0n) is 11.1. The molecule has 0 bridgehead atoms. The van der Waals surface area contributed by atoms with E-state index >= 15 is 0 Å². The second kappa shape index (κ2) is 9.34. The van der Waals surface area contributed by atoms with Gasteiger partial charge in [-0.3, -0.25) is 0 Å². The van der Waals surface area contributed by atoms with Crippen molar-refractivity contribution in [3.05, 3.63) is 34.9 Å². The van der Waals surface area contributed by atoms with Crippen LogP contribution in [0.5, 0.6) is 0 Å². The summed E-state index contributed by atoms with van der Waals surface area (Å²) in [7, 11) is 1.68. The smallest absolute Gasteiger partial charge is 0.0701 e. The van der Waals surface area contributed by atoms with Crippen LogP contribution in [-0.2, 0) is 9.47 Å². The molecule has 1 N–H and O–H groups in total. The Kier molecular flexibility index (Phi) is 8.01. The highest BCUT2D eigenvalue weighted by molar-refractivity contribution is 6.30. The van der Waals surface area contributed by atoms with E-state index in [0.29, 0.717) is 19.8 Å². The van der Waals surface area contributed by atoms with Gasteiger partial charge in [-0.15, -0.1) is 0 Å². The number of nitrogens with one attached hydrogen (secondary N) is 1. The fourth-order valence-electron chi connectivity index (χ4n) is 1.63. The van der Waals surface area contributed by atoms with Gasteiger partial charge in [-0.25, -0.2) is 0 Å². The van der Waals surface area contributed by atoms with Crippen LogP contribution in [0.15, 0.2) is 24.3 Å². The Labute approximate surface area is 114 Å².